The lowest BCUT2D eigenvalue weighted by Gasteiger charge is -2.36. The summed E-state index contributed by atoms with van der Waals surface area (Å²) in [5.74, 6) is -0.453. The van der Waals surface area contributed by atoms with E-state index in [1.54, 1.807) is 23.5 Å². The second-order valence-corrected chi connectivity index (χ2v) is 17.1. The number of aryl methyl sites for hydroxylation is 1. The van der Waals surface area contributed by atoms with E-state index in [2.05, 4.69) is 20.9 Å². The first-order valence-corrected chi connectivity index (χ1v) is 19.1. The predicted octanol–water partition coefficient (Wildman–Crippen LogP) is 5.47. The maximum Gasteiger partial charge on any atom is 0.407 e. The Bertz CT molecular complexity index is 1760. The molecule has 0 radical (unpaired) electrons. The van der Waals surface area contributed by atoms with Gasteiger partial charge in [-0.05, 0) is 68.9 Å². The van der Waals surface area contributed by atoms with Crippen molar-refractivity contribution in [1.82, 2.24) is 25.8 Å². The molecule has 2 heterocycles. The number of β-amino-alcohol motifs (C(OH)–C–C–N with tert-alkyl or cyclic N) is 1. The minimum atomic E-state index is -0.931. The Hall–Kier alpha value is -4.49. The molecule has 1 aromatic heterocycles. The fraction of sp³-hybridized carbons (Fsp3) is 0.525. The number of alkyl carbamates (subject to hydrolysis) is 1. The number of carbonyl (C=O) groups excluding carboxylic acids is 4. The Morgan fingerprint density at radius 1 is 0.962 bits per heavy atom. The lowest BCUT2D eigenvalue weighted by Crippen LogP contribution is -2.58. The van der Waals surface area contributed by atoms with Crippen molar-refractivity contribution in [2.24, 2.45) is 5.41 Å². The van der Waals surface area contributed by atoms with Crippen molar-refractivity contribution in [3.8, 4) is 16.2 Å². The number of hydrogen-bond acceptors (Lipinski definition) is 9. The van der Waals surface area contributed by atoms with E-state index in [0.29, 0.717) is 18.6 Å². The maximum absolute atomic E-state index is 14.1. The summed E-state index contributed by atoms with van der Waals surface area (Å²) in [5.41, 5.74) is 4.25. The van der Waals surface area contributed by atoms with E-state index in [9.17, 15) is 24.3 Å². The topological polar surface area (TPSA) is 159 Å². The fourth-order valence-corrected chi connectivity index (χ4v) is 7.36. The van der Waals surface area contributed by atoms with E-state index < -0.39 is 41.2 Å². The van der Waals surface area contributed by atoms with E-state index in [-0.39, 0.29) is 49.4 Å². The van der Waals surface area contributed by atoms with Crippen molar-refractivity contribution in [3.63, 3.8) is 0 Å². The van der Waals surface area contributed by atoms with Crippen molar-refractivity contribution in [2.45, 2.75) is 123 Å². The molecule has 0 bridgehead atoms. The monoisotopic (exact) mass is 747 g/mol. The number of nitrogens with zero attached hydrogens (tertiary/aromatic N) is 2. The number of benzene rings is 2. The molecule has 1 aliphatic carbocycles. The zero-order valence-electron chi connectivity index (χ0n) is 31.9. The predicted molar refractivity (Wildman–Crippen MR) is 203 cm³/mol. The molecule has 4 amide bonds. The molecule has 286 valence electrons. The first-order chi connectivity index (χ1) is 24.9. The second kappa shape index (κ2) is 16.3. The average molecular weight is 748 g/mol. The summed E-state index contributed by atoms with van der Waals surface area (Å²) in [7, 11) is 0. The molecular formula is C40H53N5O7S. The number of likely N-dealkylation sites (tertiary alicyclic amines) is 1. The molecule has 1 saturated heterocycles. The zero-order chi connectivity index (χ0) is 38.7. The minimum absolute atomic E-state index is 0.00306. The molecule has 53 heavy (non-hydrogen) atoms. The van der Waals surface area contributed by atoms with Gasteiger partial charge in [-0.1, -0.05) is 57.2 Å². The van der Waals surface area contributed by atoms with Crippen molar-refractivity contribution in [2.75, 3.05) is 6.54 Å². The standard InChI is InChI=1S/C40H53N5O7S/c1-23(26-11-13-27(14-12-26)34-24(2)41-22-53-34)42-36(48)32-20-29(46)21-45(32)37(49)35(39(3,4)5)44-33(47)17-25-9-15-30(16-10-25)51-31-18-28(19-31)43-38(50)52-40(6,7)8/h9-16,22-23,28-29,31-32,35,46H,17-21H2,1-8H3,(H,42,48)(H,43,50)(H,44,47)/t23-,28-,29+,31-,32-,35+/m0/s1. The van der Waals surface area contributed by atoms with E-state index in [1.165, 1.54) is 4.90 Å². The summed E-state index contributed by atoms with van der Waals surface area (Å²) in [6, 6.07) is 13.0. The Labute approximate surface area is 316 Å². The fourth-order valence-electron chi connectivity index (χ4n) is 6.55. The van der Waals surface area contributed by atoms with Gasteiger partial charge in [0.1, 0.15) is 29.5 Å². The highest BCUT2D eigenvalue weighted by Crippen LogP contribution is 2.30. The molecule has 1 saturated carbocycles. The summed E-state index contributed by atoms with van der Waals surface area (Å²) in [5, 5.41) is 19.4. The Morgan fingerprint density at radius 3 is 2.21 bits per heavy atom. The van der Waals surface area contributed by atoms with Crippen LogP contribution in [0.25, 0.3) is 10.4 Å². The number of thiazole rings is 1. The number of aliphatic hydroxyl groups is 1. The van der Waals surface area contributed by atoms with Crippen molar-refractivity contribution < 1.29 is 33.8 Å². The normalized spacial score (nSPS) is 21.2. The van der Waals surface area contributed by atoms with Crippen LogP contribution in [0, 0.1) is 12.3 Å². The summed E-state index contributed by atoms with van der Waals surface area (Å²) in [4.78, 5) is 59.8. The highest BCUT2D eigenvalue weighted by molar-refractivity contribution is 7.13. The van der Waals surface area contributed by atoms with Gasteiger partial charge in [0.25, 0.3) is 0 Å². The first-order valence-electron chi connectivity index (χ1n) is 18.2. The number of ether oxygens (including phenoxy) is 2. The molecule has 3 aromatic rings. The Balaban J connectivity index is 1.14. The highest BCUT2D eigenvalue weighted by atomic mass is 32.1. The summed E-state index contributed by atoms with van der Waals surface area (Å²) in [6.07, 6.45) is 0.147. The number of carbonyl (C=O) groups is 4. The van der Waals surface area contributed by atoms with Crippen LogP contribution >= 0.6 is 11.3 Å². The number of nitrogens with one attached hydrogen (secondary N) is 3. The second-order valence-electron chi connectivity index (χ2n) is 16.3. The van der Waals surface area contributed by atoms with Crippen molar-refractivity contribution in [3.05, 3.63) is 70.9 Å². The van der Waals surface area contributed by atoms with Gasteiger partial charge in [-0.3, -0.25) is 14.4 Å². The molecule has 0 spiro atoms. The third kappa shape index (κ3) is 10.6. The number of aromatic nitrogens is 1. The van der Waals surface area contributed by atoms with Gasteiger partial charge in [0.05, 0.1) is 34.6 Å². The third-order valence-electron chi connectivity index (χ3n) is 9.47. The lowest BCUT2D eigenvalue weighted by atomic mass is 9.85. The van der Waals surface area contributed by atoms with Crippen LogP contribution in [0.3, 0.4) is 0 Å². The number of rotatable bonds is 11. The van der Waals surface area contributed by atoms with E-state index in [1.807, 2.05) is 97.3 Å². The van der Waals surface area contributed by atoms with Crippen LogP contribution in [-0.2, 0) is 25.5 Å². The number of amides is 4. The van der Waals surface area contributed by atoms with E-state index in [0.717, 1.165) is 27.3 Å². The molecule has 2 aliphatic rings. The molecule has 0 unspecified atom stereocenters. The van der Waals surface area contributed by atoms with Crippen LogP contribution in [0.15, 0.2) is 54.0 Å². The largest absolute Gasteiger partial charge is 0.490 e. The third-order valence-corrected chi connectivity index (χ3v) is 10.4. The van der Waals surface area contributed by atoms with E-state index in [4.69, 9.17) is 9.47 Å². The molecule has 1 aliphatic heterocycles. The van der Waals surface area contributed by atoms with Gasteiger partial charge < -0.3 is 35.4 Å². The maximum atomic E-state index is 14.1. The van der Waals surface area contributed by atoms with Crippen LogP contribution in [0.5, 0.6) is 5.75 Å². The lowest BCUT2D eigenvalue weighted by molar-refractivity contribution is -0.144. The number of aliphatic hydroxyl groups excluding tert-OH is 1. The average Bonchev–Trinajstić information content (AvgIpc) is 3.67. The summed E-state index contributed by atoms with van der Waals surface area (Å²) >= 11 is 1.58. The molecule has 2 aromatic carbocycles. The summed E-state index contributed by atoms with van der Waals surface area (Å²) in [6.45, 7) is 14.9. The zero-order valence-corrected chi connectivity index (χ0v) is 32.7. The molecule has 5 rings (SSSR count). The van der Waals surface area contributed by atoms with Crippen molar-refractivity contribution in [1.29, 1.82) is 0 Å². The Morgan fingerprint density at radius 2 is 1.62 bits per heavy atom. The van der Waals surface area contributed by atoms with Gasteiger partial charge in [-0.25, -0.2) is 9.78 Å². The smallest absolute Gasteiger partial charge is 0.407 e. The molecule has 13 heteroatoms. The van der Waals surface area contributed by atoms with Gasteiger partial charge in [0.15, 0.2) is 0 Å². The van der Waals surface area contributed by atoms with Crippen LogP contribution in [0.1, 0.15) is 90.6 Å². The first kappa shape index (κ1) is 39.7. The summed E-state index contributed by atoms with van der Waals surface area (Å²) < 4.78 is 11.3. The molecular weight excluding hydrogens is 695 g/mol. The molecule has 2 fully saturated rings. The van der Waals surface area contributed by atoms with E-state index >= 15 is 0 Å². The molecule has 4 atom stereocenters. The van der Waals surface area contributed by atoms with Gasteiger partial charge in [0.2, 0.25) is 17.7 Å². The molecule has 4 N–H and O–H groups in total. The van der Waals surface area contributed by atoms with Crippen molar-refractivity contribution >= 4 is 35.2 Å². The van der Waals surface area contributed by atoms with Gasteiger partial charge >= 0.3 is 6.09 Å². The van der Waals surface area contributed by atoms with Crippen LogP contribution in [0.4, 0.5) is 4.79 Å². The van der Waals surface area contributed by atoms with Crippen LogP contribution < -0.4 is 20.7 Å². The van der Waals surface area contributed by atoms with Gasteiger partial charge in [-0.2, -0.15) is 0 Å². The quantitative estimate of drug-likeness (QED) is 0.201. The number of hydrogen-bond donors (Lipinski definition) is 4. The van der Waals surface area contributed by atoms with Gasteiger partial charge in [0, 0.05) is 31.8 Å². The van der Waals surface area contributed by atoms with Gasteiger partial charge in [-0.15, -0.1) is 11.3 Å². The highest BCUT2D eigenvalue weighted by Gasteiger charge is 2.44. The Kier molecular flexibility index (Phi) is 12.2. The van der Waals surface area contributed by atoms with Crippen LogP contribution in [0.2, 0.25) is 0 Å². The SMILES string of the molecule is Cc1ncsc1-c1ccc([C@H](C)NC(=O)[C@@H]2C[C@@H](O)CN2C(=O)[C@@H](NC(=O)Cc2ccc(O[C@H]3C[C@H](NC(=O)OC(C)(C)C)C3)cc2)C(C)(C)C)cc1. The minimum Gasteiger partial charge on any atom is -0.490 e. The van der Waals surface area contributed by atoms with Crippen LogP contribution in [-0.4, -0.2) is 81.3 Å². The molecule has 12 nitrogen and oxygen atoms in total.